The van der Waals surface area contributed by atoms with Crippen LogP contribution in [-0.2, 0) is 0 Å². The Hall–Kier alpha value is -2.14. The second-order valence-corrected chi connectivity index (χ2v) is 5.50. The number of hydrogen-bond donors (Lipinski definition) is 0. The fraction of sp³-hybridized carbons (Fsp3) is 0.222. The van der Waals surface area contributed by atoms with E-state index in [9.17, 15) is 0 Å². The highest BCUT2D eigenvalue weighted by Gasteiger charge is 2.11. The number of rotatable bonds is 6. The van der Waals surface area contributed by atoms with Crippen LogP contribution in [0.5, 0.6) is 23.0 Å². The lowest BCUT2D eigenvalue weighted by molar-refractivity contribution is 0.354. The summed E-state index contributed by atoms with van der Waals surface area (Å²) in [5.74, 6) is 2.75. The van der Waals surface area contributed by atoms with Crippen LogP contribution in [0.4, 0.5) is 0 Å². The van der Waals surface area contributed by atoms with E-state index < -0.39 is 0 Å². The van der Waals surface area contributed by atoms with E-state index in [1.807, 2.05) is 42.5 Å². The number of methoxy groups -OCH3 is 4. The maximum absolute atomic E-state index is 5.47. The van der Waals surface area contributed by atoms with Crippen molar-refractivity contribution in [3.8, 4) is 23.0 Å². The van der Waals surface area contributed by atoms with Gasteiger partial charge >= 0.3 is 0 Å². The molecule has 0 aliphatic rings. The average Bonchev–Trinajstić information content (AvgIpc) is 2.59. The predicted octanol–water partition coefficient (Wildman–Crippen LogP) is 4.65. The monoisotopic (exact) mass is 378 g/mol. The Labute approximate surface area is 144 Å². The smallest absolute Gasteiger partial charge is 0.169 e. The molecule has 0 radical (unpaired) electrons. The van der Waals surface area contributed by atoms with E-state index in [0.29, 0.717) is 23.0 Å². The Balaban J connectivity index is 2.41. The van der Waals surface area contributed by atoms with Gasteiger partial charge in [0.2, 0.25) is 0 Å². The summed E-state index contributed by atoms with van der Waals surface area (Å²) < 4.78 is 22.3. The molecule has 0 atom stereocenters. The fourth-order valence-electron chi connectivity index (χ4n) is 2.22. The summed E-state index contributed by atoms with van der Waals surface area (Å²) in [6.45, 7) is 0. The normalized spacial score (nSPS) is 10.7. The zero-order valence-corrected chi connectivity index (χ0v) is 15.1. The van der Waals surface area contributed by atoms with Crippen LogP contribution in [0.15, 0.2) is 34.8 Å². The molecule has 0 aromatic heterocycles. The van der Waals surface area contributed by atoms with Crippen molar-refractivity contribution in [1.82, 2.24) is 0 Å². The van der Waals surface area contributed by atoms with Crippen LogP contribution in [0.2, 0.25) is 0 Å². The van der Waals surface area contributed by atoms with Gasteiger partial charge in [0.15, 0.2) is 23.0 Å². The fourth-order valence-corrected chi connectivity index (χ4v) is 2.66. The van der Waals surface area contributed by atoms with Gasteiger partial charge in [-0.25, -0.2) is 0 Å². The van der Waals surface area contributed by atoms with Crippen molar-refractivity contribution < 1.29 is 18.9 Å². The van der Waals surface area contributed by atoms with Gasteiger partial charge in [0, 0.05) is 10.0 Å². The van der Waals surface area contributed by atoms with Crippen molar-refractivity contribution in [2.45, 2.75) is 0 Å². The Morgan fingerprint density at radius 1 is 0.739 bits per heavy atom. The molecule has 0 aliphatic heterocycles. The maximum atomic E-state index is 5.47. The predicted molar refractivity (Wildman–Crippen MR) is 95.7 cm³/mol. The molecule has 0 saturated heterocycles. The highest BCUT2D eigenvalue weighted by molar-refractivity contribution is 9.10. The van der Waals surface area contributed by atoms with Gasteiger partial charge in [-0.2, -0.15) is 0 Å². The SMILES string of the molecule is COc1ccc(/C=C/c2c(Br)ccc(OC)c2OC)cc1OC. The first kappa shape index (κ1) is 17.2. The van der Waals surface area contributed by atoms with Crippen LogP contribution in [0.3, 0.4) is 0 Å². The molecule has 0 bridgehead atoms. The van der Waals surface area contributed by atoms with Crippen molar-refractivity contribution in [3.05, 3.63) is 45.9 Å². The first-order valence-electron chi connectivity index (χ1n) is 6.95. The van der Waals surface area contributed by atoms with Crippen molar-refractivity contribution in [1.29, 1.82) is 0 Å². The van der Waals surface area contributed by atoms with E-state index in [1.54, 1.807) is 28.4 Å². The molecule has 0 amide bonds. The first-order chi connectivity index (χ1) is 11.1. The molecule has 0 unspecified atom stereocenters. The summed E-state index contributed by atoms with van der Waals surface area (Å²) in [7, 11) is 6.48. The van der Waals surface area contributed by atoms with Gasteiger partial charge in [0.1, 0.15) is 0 Å². The standard InChI is InChI=1S/C18H19BrO4/c1-20-15-9-6-12(11-17(15)22-3)5-7-13-14(19)8-10-16(21-2)18(13)23-4/h5-11H,1-4H3/b7-5+. The molecule has 5 heteroatoms. The van der Waals surface area contributed by atoms with Crippen LogP contribution in [0, 0.1) is 0 Å². The molecule has 0 fully saturated rings. The van der Waals surface area contributed by atoms with Gasteiger partial charge in [0.05, 0.1) is 28.4 Å². The second-order valence-electron chi connectivity index (χ2n) is 4.64. The van der Waals surface area contributed by atoms with Gasteiger partial charge in [-0.1, -0.05) is 28.1 Å². The van der Waals surface area contributed by atoms with E-state index in [2.05, 4.69) is 15.9 Å². The number of halogens is 1. The minimum absolute atomic E-state index is 0.679. The topological polar surface area (TPSA) is 36.9 Å². The minimum Gasteiger partial charge on any atom is -0.493 e. The second kappa shape index (κ2) is 7.92. The summed E-state index contributed by atoms with van der Waals surface area (Å²) in [5.41, 5.74) is 1.89. The zero-order chi connectivity index (χ0) is 16.8. The summed E-state index contributed by atoms with van der Waals surface area (Å²) in [6.07, 6.45) is 3.94. The van der Waals surface area contributed by atoms with E-state index in [0.717, 1.165) is 15.6 Å². The summed E-state index contributed by atoms with van der Waals surface area (Å²) >= 11 is 3.54. The number of hydrogen-bond acceptors (Lipinski definition) is 4. The van der Waals surface area contributed by atoms with E-state index in [-0.39, 0.29) is 0 Å². The molecule has 4 nitrogen and oxygen atoms in total. The van der Waals surface area contributed by atoms with Crippen molar-refractivity contribution in [3.63, 3.8) is 0 Å². The Kier molecular flexibility index (Phi) is 5.93. The van der Waals surface area contributed by atoms with Gasteiger partial charge in [0.25, 0.3) is 0 Å². The number of ether oxygens (including phenoxy) is 4. The van der Waals surface area contributed by atoms with Gasteiger partial charge < -0.3 is 18.9 Å². The average molecular weight is 379 g/mol. The quantitative estimate of drug-likeness (QED) is 0.685. The first-order valence-corrected chi connectivity index (χ1v) is 7.74. The van der Waals surface area contributed by atoms with Crippen molar-refractivity contribution in [2.75, 3.05) is 28.4 Å². The van der Waals surface area contributed by atoms with Crippen LogP contribution in [0.25, 0.3) is 12.2 Å². The Morgan fingerprint density at radius 2 is 1.39 bits per heavy atom. The third kappa shape index (κ3) is 3.79. The maximum Gasteiger partial charge on any atom is 0.169 e. The zero-order valence-electron chi connectivity index (χ0n) is 13.6. The lowest BCUT2D eigenvalue weighted by Gasteiger charge is -2.12. The van der Waals surface area contributed by atoms with Gasteiger partial charge in [-0.3, -0.25) is 0 Å². The summed E-state index contributed by atoms with van der Waals surface area (Å²) in [6, 6.07) is 9.52. The molecular weight excluding hydrogens is 360 g/mol. The third-order valence-electron chi connectivity index (χ3n) is 3.38. The highest BCUT2D eigenvalue weighted by atomic mass is 79.9. The van der Waals surface area contributed by atoms with Gasteiger partial charge in [-0.05, 0) is 35.9 Å². The molecular formula is C18H19BrO4. The van der Waals surface area contributed by atoms with Crippen LogP contribution < -0.4 is 18.9 Å². The van der Waals surface area contributed by atoms with E-state index in [4.69, 9.17) is 18.9 Å². The summed E-state index contributed by atoms with van der Waals surface area (Å²) in [4.78, 5) is 0. The Morgan fingerprint density at radius 3 is 2.00 bits per heavy atom. The van der Waals surface area contributed by atoms with Crippen LogP contribution in [-0.4, -0.2) is 28.4 Å². The van der Waals surface area contributed by atoms with Crippen LogP contribution in [0.1, 0.15) is 11.1 Å². The largest absolute Gasteiger partial charge is 0.493 e. The van der Waals surface area contributed by atoms with E-state index in [1.165, 1.54) is 0 Å². The molecule has 0 aliphatic carbocycles. The van der Waals surface area contributed by atoms with Crippen molar-refractivity contribution >= 4 is 28.1 Å². The lowest BCUT2D eigenvalue weighted by Crippen LogP contribution is -1.94. The molecule has 2 aromatic carbocycles. The van der Waals surface area contributed by atoms with E-state index >= 15 is 0 Å². The molecule has 122 valence electrons. The lowest BCUT2D eigenvalue weighted by atomic mass is 10.1. The minimum atomic E-state index is 0.679. The van der Waals surface area contributed by atoms with Crippen LogP contribution >= 0.6 is 15.9 Å². The van der Waals surface area contributed by atoms with Crippen molar-refractivity contribution in [2.24, 2.45) is 0 Å². The molecule has 23 heavy (non-hydrogen) atoms. The molecule has 0 saturated carbocycles. The molecule has 2 rings (SSSR count). The molecule has 0 N–H and O–H groups in total. The molecule has 0 spiro atoms. The third-order valence-corrected chi connectivity index (χ3v) is 4.07. The molecule has 0 heterocycles. The number of benzene rings is 2. The van der Waals surface area contributed by atoms with Gasteiger partial charge in [-0.15, -0.1) is 0 Å². The molecule has 2 aromatic rings. The summed E-state index contributed by atoms with van der Waals surface area (Å²) in [5, 5.41) is 0. The Bertz CT molecular complexity index is 710. The highest BCUT2D eigenvalue weighted by Crippen LogP contribution is 2.37.